The molecule has 0 bridgehead atoms. The predicted molar refractivity (Wildman–Crippen MR) is 132 cm³/mol. The summed E-state index contributed by atoms with van der Waals surface area (Å²) in [6.07, 6.45) is 4.93. The van der Waals surface area contributed by atoms with Gasteiger partial charge in [-0.15, -0.1) is 5.10 Å². The van der Waals surface area contributed by atoms with E-state index in [4.69, 9.17) is 14.5 Å². The van der Waals surface area contributed by atoms with Crippen LogP contribution in [0.2, 0.25) is 0 Å². The first-order valence-electron chi connectivity index (χ1n) is 12.5. The summed E-state index contributed by atoms with van der Waals surface area (Å²) in [6, 6.07) is 5.52. The highest BCUT2D eigenvalue weighted by Gasteiger charge is 2.47. The van der Waals surface area contributed by atoms with Crippen molar-refractivity contribution in [2.75, 3.05) is 0 Å². The minimum Gasteiger partial charge on any atom is -0.489 e. The highest BCUT2D eigenvalue weighted by atomic mass is 16.5. The number of hydrogen-bond donors (Lipinski definition) is 2. The Kier molecular flexibility index (Phi) is 6.57. The number of aromatic nitrogens is 6. The lowest BCUT2D eigenvalue weighted by molar-refractivity contribution is -0.143. The van der Waals surface area contributed by atoms with Crippen molar-refractivity contribution in [1.82, 2.24) is 29.9 Å². The molecule has 11 nitrogen and oxygen atoms in total. The number of hydrogen-bond acceptors (Lipinski definition) is 9. The standard InChI is InChI=1S/C26H32N6O5/c1-14-21(37-16-11-15-5-6-17(24(33)34)18(15)12-16)8-7-19(28-14)23-20(32(4)31-30-23)13-36-25-27-10-9-22(29-25)26(2,3)35/h7-10,15-18,35H,5-6,11-13H2,1-4H3,(H,33,34)/t15-,16+,17-,18+/m1/s1. The lowest BCUT2D eigenvalue weighted by Crippen LogP contribution is -2.21. The van der Waals surface area contributed by atoms with Crippen molar-refractivity contribution < 1.29 is 24.5 Å². The Hall–Kier alpha value is -3.60. The van der Waals surface area contributed by atoms with Crippen LogP contribution in [-0.4, -0.2) is 52.2 Å². The highest BCUT2D eigenvalue weighted by Crippen LogP contribution is 2.48. The number of ether oxygens (including phenoxy) is 2. The fourth-order valence-electron chi connectivity index (χ4n) is 5.55. The summed E-state index contributed by atoms with van der Waals surface area (Å²) in [6.45, 7) is 5.30. The number of aryl methyl sites for hydroxylation is 2. The molecule has 37 heavy (non-hydrogen) atoms. The van der Waals surface area contributed by atoms with Gasteiger partial charge >= 0.3 is 12.0 Å². The van der Waals surface area contributed by atoms with Crippen LogP contribution in [0.15, 0.2) is 24.4 Å². The molecule has 0 aromatic carbocycles. The van der Waals surface area contributed by atoms with E-state index >= 15 is 0 Å². The fraction of sp³-hybridized carbons (Fsp3) is 0.538. The van der Waals surface area contributed by atoms with Gasteiger partial charge in [0.2, 0.25) is 0 Å². The zero-order chi connectivity index (χ0) is 26.3. The van der Waals surface area contributed by atoms with Crippen LogP contribution < -0.4 is 9.47 Å². The predicted octanol–water partition coefficient (Wildman–Crippen LogP) is 3.05. The average Bonchev–Trinajstić information content (AvgIpc) is 3.52. The van der Waals surface area contributed by atoms with Crippen LogP contribution >= 0.6 is 0 Å². The minimum absolute atomic E-state index is 0.00337. The Bertz CT molecular complexity index is 1300. The first-order chi connectivity index (χ1) is 17.6. The number of nitrogens with zero attached hydrogens (tertiary/aromatic N) is 6. The molecule has 11 heteroatoms. The highest BCUT2D eigenvalue weighted by molar-refractivity contribution is 5.71. The van der Waals surface area contributed by atoms with Gasteiger partial charge in [-0.2, -0.15) is 4.98 Å². The normalized spacial score (nSPS) is 23.2. The second kappa shape index (κ2) is 9.70. The molecule has 2 aliphatic rings. The zero-order valence-corrected chi connectivity index (χ0v) is 21.5. The van der Waals surface area contributed by atoms with Crippen LogP contribution in [0.25, 0.3) is 11.4 Å². The lowest BCUT2D eigenvalue weighted by Gasteiger charge is -2.18. The maximum absolute atomic E-state index is 11.6. The molecule has 0 saturated heterocycles. The van der Waals surface area contributed by atoms with Gasteiger partial charge in [-0.1, -0.05) is 5.21 Å². The number of aliphatic carboxylic acids is 1. The van der Waals surface area contributed by atoms with Gasteiger partial charge in [0, 0.05) is 13.2 Å². The summed E-state index contributed by atoms with van der Waals surface area (Å²) in [5, 5.41) is 28.1. The number of carboxylic acids is 1. The molecule has 0 amide bonds. The third-order valence-electron chi connectivity index (χ3n) is 7.50. The second-order valence-electron chi connectivity index (χ2n) is 10.5. The molecular formula is C26H32N6O5. The van der Waals surface area contributed by atoms with Crippen LogP contribution in [0.3, 0.4) is 0 Å². The van der Waals surface area contributed by atoms with Crippen LogP contribution in [0, 0.1) is 24.7 Å². The van der Waals surface area contributed by atoms with E-state index in [1.165, 1.54) is 0 Å². The summed E-state index contributed by atoms with van der Waals surface area (Å²) in [4.78, 5) is 24.7. The van der Waals surface area contributed by atoms with Crippen molar-refractivity contribution in [3.05, 3.63) is 41.5 Å². The molecule has 0 aliphatic heterocycles. The fourth-order valence-corrected chi connectivity index (χ4v) is 5.55. The van der Waals surface area contributed by atoms with Crippen LogP contribution in [-0.2, 0) is 24.1 Å². The van der Waals surface area contributed by atoms with E-state index in [-0.39, 0.29) is 30.6 Å². The van der Waals surface area contributed by atoms with Gasteiger partial charge in [0.25, 0.3) is 0 Å². The summed E-state index contributed by atoms with van der Waals surface area (Å²) in [5.41, 5.74) is 1.98. The van der Waals surface area contributed by atoms with E-state index in [1.807, 2.05) is 19.1 Å². The summed E-state index contributed by atoms with van der Waals surface area (Å²) in [7, 11) is 1.77. The number of fused-ring (bicyclic) bond motifs is 1. The smallest absolute Gasteiger partial charge is 0.317 e. The van der Waals surface area contributed by atoms with E-state index in [9.17, 15) is 15.0 Å². The van der Waals surface area contributed by atoms with Crippen LogP contribution in [0.1, 0.15) is 56.6 Å². The largest absolute Gasteiger partial charge is 0.489 e. The SMILES string of the molecule is Cc1nc(-c2nnn(C)c2COc2nccc(C(C)(C)O)n2)ccc1O[C@H]1C[C@H]2CC[C@@H](C(=O)O)[C@H]2C1. The van der Waals surface area contributed by atoms with Gasteiger partial charge in [0.05, 0.1) is 29.1 Å². The number of carbonyl (C=O) groups is 1. The molecule has 3 aromatic heterocycles. The monoisotopic (exact) mass is 508 g/mol. The molecule has 2 saturated carbocycles. The number of aliphatic hydroxyl groups is 1. The number of carboxylic acid groups (broad SMARTS) is 1. The van der Waals surface area contributed by atoms with Gasteiger partial charge in [-0.3, -0.25) is 4.79 Å². The van der Waals surface area contributed by atoms with Gasteiger partial charge < -0.3 is 19.7 Å². The molecule has 5 rings (SSSR count). The van der Waals surface area contributed by atoms with E-state index in [1.54, 1.807) is 37.8 Å². The third kappa shape index (κ3) is 5.13. The molecular weight excluding hydrogens is 476 g/mol. The Morgan fingerprint density at radius 2 is 2.00 bits per heavy atom. The quantitative estimate of drug-likeness (QED) is 0.465. The number of rotatable bonds is 8. The Labute approximate surface area is 214 Å². The number of pyridine rings is 1. The maximum atomic E-state index is 11.6. The second-order valence-corrected chi connectivity index (χ2v) is 10.5. The molecule has 196 valence electrons. The Balaban J connectivity index is 1.28. The van der Waals surface area contributed by atoms with E-state index < -0.39 is 11.6 Å². The summed E-state index contributed by atoms with van der Waals surface area (Å²) >= 11 is 0. The first-order valence-corrected chi connectivity index (χ1v) is 12.5. The minimum atomic E-state index is -1.11. The molecule has 2 aliphatic carbocycles. The van der Waals surface area contributed by atoms with Crippen molar-refractivity contribution in [2.45, 2.75) is 64.8 Å². The zero-order valence-electron chi connectivity index (χ0n) is 21.5. The van der Waals surface area contributed by atoms with E-state index in [0.717, 1.165) is 31.4 Å². The van der Waals surface area contributed by atoms with Gasteiger partial charge in [0.15, 0.2) is 0 Å². The molecule has 4 atom stereocenters. The topological polar surface area (TPSA) is 145 Å². The van der Waals surface area contributed by atoms with E-state index in [2.05, 4.69) is 20.3 Å². The maximum Gasteiger partial charge on any atom is 0.317 e. The molecule has 0 radical (unpaired) electrons. The summed E-state index contributed by atoms with van der Waals surface area (Å²) in [5.74, 6) is 0.384. The third-order valence-corrected chi connectivity index (χ3v) is 7.50. The van der Waals surface area contributed by atoms with Crippen molar-refractivity contribution >= 4 is 5.97 Å². The van der Waals surface area contributed by atoms with Crippen molar-refractivity contribution in [3.8, 4) is 23.1 Å². The Morgan fingerprint density at radius 3 is 2.73 bits per heavy atom. The van der Waals surface area contributed by atoms with Crippen molar-refractivity contribution in [1.29, 1.82) is 0 Å². The van der Waals surface area contributed by atoms with Crippen LogP contribution in [0.4, 0.5) is 0 Å². The van der Waals surface area contributed by atoms with Crippen molar-refractivity contribution in [3.63, 3.8) is 0 Å². The van der Waals surface area contributed by atoms with Gasteiger partial charge in [0.1, 0.15) is 29.3 Å². The molecule has 0 unspecified atom stereocenters. The van der Waals surface area contributed by atoms with Crippen molar-refractivity contribution in [2.24, 2.45) is 24.8 Å². The first kappa shape index (κ1) is 25.1. The molecule has 3 aromatic rings. The van der Waals surface area contributed by atoms with Gasteiger partial charge in [-0.25, -0.2) is 14.6 Å². The van der Waals surface area contributed by atoms with E-state index in [0.29, 0.717) is 34.4 Å². The lowest BCUT2D eigenvalue weighted by atomic mass is 9.92. The molecule has 2 N–H and O–H groups in total. The summed E-state index contributed by atoms with van der Waals surface area (Å²) < 4.78 is 13.7. The molecule has 2 fully saturated rings. The van der Waals surface area contributed by atoms with Gasteiger partial charge in [-0.05, 0) is 76.5 Å². The molecule has 3 heterocycles. The average molecular weight is 509 g/mol. The van der Waals surface area contributed by atoms with Crippen LogP contribution in [0.5, 0.6) is 11.8 Å². The Morgan fingerprint density at radius 1 is 1.19 bits per heavy atom. The molecule has 0 spiro atoms.